The summed E-state index contributed by atoms with van der Waals surface area (Å²) in [6.45, 7) is -1.23. The van der Waals surface area contributed by atoms with Gasteiger partial charge in [0.25, 0.3) is 5.91 Å². The number of nitrogen functional groups attached to an aromatic ring is 1. The van der Waals surface area contributed by atoms with Crippen molar-refractivity contribution < 1.29 is 80.1 Å². The van der Waals surface area contributed by atoms with Crippen molar-refractivity contribution in [3.63, 3.8) is 0 Å². The number of benzene rings is 3. The average Bonchev–Trinajstić information content (AvgIpc) is 3.84. The van der Waals surface area contributed by atoms with E-state index < -0.39 is 73.1 Å². The predicted molar refractivity (Wildman–Crippen MR) is 247 cm³/mol. The van der Waals surface area contributed by atoms with Gasteiger partial charge in [0.15, 0.2) is 17.7 Å². The number of amides is 1. The van der Waals surface area contributed by atoms with Crippen LogP contribution in [-0.4, -0.2) is 128 Å². The van der Waals surface area contributed by atoms with Crippen LogP contribution in [0.1, 0.15) is 52.6 Å². The molecule has 0 radical (unpaired) electrons. The molecular formula is C41H50N8O17P3+. The van der Waals surface area contributed by atoms with Gasteiger partial charge in [0.2, 0.25) is 5.36 Å². The lowest BCUT2D eigenvalue weighted by Gasteiger charge is -2.20. The molecular weight excluding hydrogens is 969 g/mol. The van der Waals surface area contributed by atoms with Crippen molar-refractivity contribution in [2.75, 3.05) is 58.6 Å². The molecule has 1 aliphatic carbocycles. The number of fused-ring (bicyclic) bond motifs is 3. The fourth-order valence-corrected chi connectivity index (χ4v) is 11.0. The number of nitrogens with two attached hydrogens (primary N) is 1. The number of imidazole rings is 1. The Morgan fingerprint density at radius 1 is 0.870 bits per heavy atom. The zero-order valence-electron chi connectivity index (χ0n) is 37.4. The van der Waals surface area contributed by atoms with Crippen molar-refractivity contribution in [1.82, 2.24) is 29.4 Å². The predicted octanol–water partition coefficient (Wildman–Crippen LogP) is 3.70. The van der Waals surface area contributed by atoms with E-state index in [0.717, 1.165) is 17.4 Å². The zero-order valence-corrected chi connectivity index (χ0v) is 40.1. The molecule has 4 heterocycles. The summed E-state index contributed by atoms with van der Waals surface area (Å²) in [5.41, 5.74) is 9.21. The van der Waals surface area contributed by atoms with E-state index in [1.54, 1.807) is 6.07 Å². The SMILES string of the molecule is CN(C)c1ccc2c(-c3cc(C(=O)NCCCCCCOP(=O)(O)OP(=O)(O)OP(=O)(O)OC[C@H]4O[C@@H](n5cnc6c(N)ncnc65)[C@H](O)[C@@H]4O)ccc3C(=O)O)c3ccc(=[N+](C)C)cc-3oc2c1. The van der Waals surface area contributed by atoms with Crippen molar-refractivity contribution in [3.8, 4) is 22.5 Å². The first-order valence-corrected chi connectivity index (χ1v) is 25.5. The van der Waals surface area contributed by atoms with E-state index in [1.165, 1.54) is 23.0 Å². The van der Waals surface area contributed by atoms with Crippen molar-refractivity contribution in [2.24, 2.45) is 0 Å². The van der Waals surface area contributed by atoms with Gasteiger partial charge in [0.05, 0.1) is 31.2 Å². The van der Waals surface area contributed by atoms with Crippen LogP contribution in [0.5, 0.6) is 0 Å². The topological polar surface area (TPSA) is 354 Å². The highest BCUT2D eigenvalue weighted by Crippen LogP contribution is 2.67. The number of carboxylic acids is 1. The molecule has 28 heteroatoms. The van der Waals surface area contributed by atoms with Crippen molar-refractivity contribution in [1.29, 1.82) is 0 Å². The van der Waals surface area contributed by atoms with Crippen molar-refractivity contribution in [3.05, 3.63) is 83.7 Å². The Bertz CT molecular complexity index is 3090. The minimum Gasteiger partial charge on any atom is -0.478 e. The third-order valence-corrected chi connectivity index (χ3v) is 15.2. The van der Waals surface area contributed by atoms with Gasteiger partial charge in [-0.1, -0.05) is 12.8 Å². The fourth-order valence-electron chi connectivity index (χ4n) is 7.50. The maximum Gasteiger partial charge on any atom is 0.490 e. The third-order valence-electron chi connectivity index (χ3n) is 10.9. The highest BCUT2D eigenvalue weighted by Gasteiger charge is 2.47. The molecule has 3 unspecified atom stereocenters. The monoisotopic (exact) mass is 1020 g/mol. The molecule has 3 aliphatic rings. The molecule has 4 aromatic rings. The van der Waals surface area contributed by atoms with Gasteiger partial charge >= 0.3 is 29.4 Å². The largest absolute Gasteiger partial charge is 0.490 e. The van der Waals surface area contributed by atoms with Gasteiger partial charge < -0.3 is 55.1 Å². The Morgan fingerprint density at radius 3 is 2.30 bits per heavy atom. The van der Waals surface area contributed by atoms with Crippen LogP contribution in [0.2, 0.25) is 0 Å². The van der Waals surface area contributed by atoms with Crippen LogP contribution < -0.4 is 25.9 Å². The van der Waals surface area contributed by atoms with Crippen LogP contribution >= 0.6 is 23.5 Å². The van der Waals surface area contributed by atoms with E-state index in [9.17, 15) is 53.3 Å². The maximum atomic E-state index is 13.4. The summed E-state index contributed by atoms with van der Waals surface area (Å²) >= 11 is 0. The molecule has 2 aromatic carbocycles. The summed E-state index contributed by atoms with van der Waals surface area (Å²) in [7, 11) is -9.17. The Labute approximate surface area is 392 Å². The van der Waals surface area contributed by atoms with E-state index in [2.05, 4.69) is 33.4 Å². The molecule has 2 aromatic heterocycles. The number of nitrogens with zero attached hydrogens (tertiary/aromatic N) is 6. The number of carbonyl (C=O) groups is 2. The minimum atomic E-state index is -5.82. The molecule has 9 N–H and O–H groups in total. The van der Waals surface area contributed by atoms with E-state index in [1.807, 2.05) is 74.1 Å². The van der Waals surface area contributed by atoms with Gasteiger partial charge in [-0.15, -0.1) is 0 Å². The number of aromatic nitrogens is 4. The molecule has 1 amide bonds. The summed E-state index contributed by atoms with van der Waals surface area (Å²) in [5.74, 6) is -1.10. The average molecular weight is 1020 g/mol. The van der Waals surface area contributed by atoms with Gasteiger partial charge in [0, 0.05) is 60.5 Å². The van der Waals surface area contributed by atoms with E-state index in [-0.39, 0.29) is 41.1 Å². The van der Waals surface area contributed by atoms with Gasteiger partial charge in [-0.2, -0.15) is 8.62 Å². The third kappa shape index (κ3) is 11.9. The van der Waals surface area contributed by atoms with Gasteiger partial charge in [-0.3, -0.25) is 18.4 Å². The van der Waals surface area contributed by atoms with Gasteiger partial charge in [0.1, 0.15) is 55.6 Å². The number of unbranched alkanes of at least 4 members (excludes halogenated alkanes) is 3. The molecule has 0 bridgehead atoms. The van der Waals surface area contributed by atoms with Crippen LogP contribution in [0, 0.1) is 0 Å². The lowest BCUT2D eigenvalue weighted by atomic mass is 9.89. The summed E-state index contributed by atoms with van der Waals surface area (Å²) in [6.07, 6.45) is -2.38. The van der Waals surface area contributed by atoms with Crippen molar-refractivity contribution >= 4 is 69.0 Å². The first-order valence-electron chi connectivity index (χ1n) is 21.0. The Morgan fingerprint density at radius 2 is 1.59 bits per heavy atom. The van der Waals surface area contributed by atoms with E-state index >= 15 is 0 Å². The number of anilines is 2. The number of nitrogens with one attached hydrogen (secondary N) is 1. The first kappa shape index (κ1) is 51.4. The Balaban J connectivity index is 0.882. The Hall–Kier alpha value is -5.49. The van der Waals surface area contributed by atoms with Gasteiger partial charge in [-0.05, 0) is 54.8 Å². The summed E-state index contributed by atoms with van der Waals surface area (Å²) in [5, 5.41) is 35.7. The number of rotatable bonds is 20. The number of carboxylic acid groups (broad SMARTS) is 1. The second-order valence-corrected chi connectivity index (χ2v) is 20.8. The number of phosphoric ester groups is 2. The van der Waals surface area contributed by atoms with Crippen LogP contribution in [0.3, 0.4) is 0 Å². The van der Waals surface area contributed by atoms with E-state index in [0.29, 0.717) is 52.7 Å². The molecule has 1 fully saturated rings. The number of aliphatic hydroxyl groups excluding tert-OH is 2. The highest BCUT2D eigenvalue weighted by atomic mass is 31.3. The summed E-state index contributed by atoms with van der Waals surface area (Å²) in [6, 6.07) is 15.6. The molecule has 370 valence electrons. The highest BCUT2D eigenvalue weighted by molar-refractivity contribution is 7.66. The minimum absolute atomic E-state index is 0.0151. The first-order chi connectivity index (χ1) is 32.5. The maximum absolute atomic E-state index is 13.4. The zero-order chi connectivity index (χ0) is 50.0. The number of ether oxygens (including phenoxy) is 1. The smallest absolute Gasteiger partial charge is 0.478 e. The Kier molecular flexibility index (Phi) is 15.5. The summed E-state index contributed by atoms with van der Waals surface area (Å²) < 4.78 is 70.2. The number of phosphoric acid groups is 3. The number of hydrogen-bond donors (Lipinski definition) is 8. The lowest BCUT2D eigenvalue weighted by molar-refractivity contribution is -0.0503. The second-order valence-electron chi connectivity index (χ2n) is 16.2. The van der Waals surface area contributed by atoms with Crippen molar-refractivity contribution in [2.45, 2.75) is 50.2 Å². The molecule has 0 saturated carbocycles. The molecule has 25 nitrogen and oxygen atoms in total. The number of hydrogen-bond acceptors (Lipinski definition) is 18. The van der Waals surface area contributed by atoms with Crippen LogP contribution in [0.4, 0.5) is 11.5 Å². The number of carbonyl (C=O) groups excluding carboxylic acids is 1. The molecule has 7 atom stereocenters. The lowest BCUT2D eigenvalue weighted by Crippen LogP contribution is -2.33. The molecule has 7 rings (SSSR count). The van der Waals surface area contributed by atoms with Gasteiger partial charge in [-0.25, -0.2) is 38.0 Å². The van der Waals surface area contributed by atoms with Crippen LogP contribution in [0.15, 0.2) is 71.7 Å². The number of aromatic carboxylic acids is 1. The standard InChI is InChI=1S/C41H49N8O17P3/c1-47(2)24-10-13-27-30(18-24)63-31-19-25(48(3)4)11-14-28(31)33(27)29-17-23(9-12-26(29)41(53)54)39(52)43-15-7-5-6-8-16-61-67(55,56)65-69(59,60)66-68(57,58)62-20-32-35(50)36(51)40(64-32)49-22-46-34-37(42)44-21-45-38(34)49/h9-14,17-19,21-22,32,35-36,40,50-51H,5-8,15-16,20H2,1-4H3,(H6-,42,43,44,45,52,53,54,55,56,57,58,59,60)/p+1/t32-,35-,36-,40-/m1/s1. The number of aliphatic hydroxyl groups is 2. The molecule has 69 heavy (non-hydrogen) atoms. The quantitative estimate of drug-likeness (QED) is 0.0234. The molecule has 2 aliphatic heterocycles. The fraction of sp³-hybridized carbons (Fsp3) is 0.366. The van der Waals surface area contributed by atoms with Crippen LogP contribution in [-0.2, 0) is 36.1 Å². The molecule has 1 saturated heterocycles. The molecule has 0 spiro atoms. The second kappa shape index (κ2) is 20.8. The van der Waals surface area contributed by atoms with Crippen LogP contribution in [0.25, 0.3) is 44.6 Å². The van der Waals surface area contributed by atoms with E-state index in [4.69, 9.17) is 19.4 Å². The summed E-state index contributed by atoms with van der Waals surface area (Å²) in [4.78, 5) is 69.9. The normalized spacial score (nSPS) is 19.8.